The first-order valence-electron chi connectivity index (χ1n) is 4.97. The topological polar surface area (TPSA) is 30.5 Å². The molecule has 3 heteroatoms. The van der Waals surface area contributed by atoms with E-state index in [-0.39, 0.29) is 11.7 Å². The fraction of sp³-hybridized carbons (Fsp3) is 1.00. The van der Waals surface area contributed by atoms with Crippen LogP contribution in [0.15, 0.2) is 0 Å². The minimum absolute atomic E-state index is 0.133. The third-order valence-electron chi connectivity index (χ3n) is 2.12. The zero-order valence-corrected chi connectivity index (χ0v) is 9.26. The molecule has 1 N–H and O–H groups in total. The molecule has 13 heavy (non-hydrogen) atoms. The van der Waals surface area contributed by atoms with Gasteiger partial charge in [0.15, 0.2) is 0 Å². The Hall–Kier alpha value is -0.120. The minimum atomic E-state index is -0.133. The lowest BCUT2D eigenvalue weighted by Crippen LogP contribution is -2.40. The summed E-state index contributed by atoms with van der Waals surface area (Å²) in [5.74, 6) is 0. The van der Waals surface area contributed by atoms with Crippen LogP contribution in [0.4, 0.5) is 0 Å². The molecule has 1 fully saturated rings. The van der Waals surface area contributed by atoms with E-state index in [9.17, 15) is 0 Å². The summed E-state index contributed by atoms with van der Waals surface area (Å²) in [7, 11) is 0. The van der Waals surface area contributed by atoms with Crippen molar-refractivity contribution in [1.29, 1.82) is 0 Å². The summed E-state index contributed by atoms with van der Waals surface area (Å²) < 4.78 is 5.60. The van der Waals surface area contributed by atoms with Crippen LogP contribution < -0.4 is 5.48 Å². The van der Waals surface area contributed by atoms with Crippen molar-refractivity contribution in [1.82, 2.24) is 5.48 Å². The SMILES string of the molecule is CC1CC(NOC(C)(C)C)C(C)O1. The summed E-state index contributed by atoms with van der Waals surface area (Å²) >= 11 is 0. The maximum Gasteiger partial charge on any atom is 0.0813 e. The van der Waals surface area contributed by atoms with Crippen LogP contribution in [0.3, 0.4) is 0 Å². The predicted molar refractivity (Wildman–Crippen MR) is 52.4 cm³/mol. The zero-order valence-electron chi connectivity index (χ0n) is 9.26. The van der Waals surface area contributed by atoms with Gasteiger partial charge in [-0.05, 0) is 41.0 Å². The van der Waals surface area contributed by atoms with Gasteiger partial charge >= 0.3 is 0 Å². The van der Waals surface area contributed by atoms with E-state index in [0.29, 0.717) is 12.1 Å². The van der Waals surface area contributed by atoms with E-state index in [0.717, 1.165) is 6.42 Å². The summed E-state index contributed by atoms with van der Waals surface area (Å²) in [5, 5.41) is 0. The Labute approximate surface area is 80.7 Å². The van der Waals surface area contributed by atoms with Gasteiger partial charge in [0.25, 0.3) is 0 Å². The van der Waals surface area contributed by atoms with Crippen molar-refractivity contribution in [3.05, 3.63) is 0 Å². The Balaban J connectivity index is 2.30. The first-order valence-corrected chi connectivity index (χ1v) is 4.97. The molecule has 1 rings (SSSR count). The third kappa shape index (κ3) is 3.63. The van der Waals surface area contributed by atoms with Crippen molar-refractivity contribution in [2.75, 3.05) is 0 Å². The molecule has 0 radical (unpaired) electrons. The van der Waals surface area contributed by atoms with E-state index in [2.05, 4.69) is 19.3 Å². The first kappa shape index (κ1) is 11.0. The molecule has 1 saturated heterocycles. The lowest BCUT2D eigenvalue weighted by Gasteiger charge is -2.23. The summed E-state index contributed by atoms with van der Waals surface area (Å²) in [6, 6.07) is 0.328. The lowest BCUT2D eigenvalue weighted by molar-refractivity contribution is -0.0957. The van der Waals surface area contributed by atoms with E-state index in [1.807, 2.05) is 20.8 Å². The molecule has 0 aromatic heterocycles. The molecule has 0 saturated carbocycles. The summed E-state index contributed by atoms with van der Waals surface area (Å²) in [6.07, 6.45) is 1.62. The van der Waals surface area contributed by atoms with Gasteiger partial charge in [-0.1, -0.05) is 0 Å². The summed E-state index contributed by atoms with van der Waals surface area (Å²) in [5.41, 5.74) is 2.94. The number of hydrogen-bond donors (Lipinski definition) is 1. The van der Waals surface area contributed by atoms with Gasteiger partial charge in [0.05, 0.1) is 23.9 Å². The van der Waals surface area contributed by atoms with Gasteiger partial charge in [-0.2, -0.15) is 5.48 Å². The maximum atomic E-state index is 5.60. The van der Waals surface area contributed by atoms with Gasteiger partial charge in [0.2, 0.25) is 0 Å². The van der Waals surface area contributed by atoms with Crippen molar-refractivity contribution in [3.63, 3.8) is 0 Å². The highest BCUT2D eigenvalue weighted by molar-refractivity contribution is 4.81. The Morgan fingerprint density at radius 3 is 2.31 bits per heavy atom. The molecule has 1 heterocycles. The van der Waals surface area contributed by atoms with Crippen molar-refractivity contribution in [3.8, 4) is 0 Å². The number of hydrogen-bond acceptors (Lipinski definition) is 3. The number of hydroxylamine groups is 1. The molecule has 0 aromatic carbocycles. The molecule has 0 bridgehead atoms. The number of rotatable bonds is 2. The fourth-order valence-electron chi connectivity index (χ4n) is 1.46. The van der Waals surface area contributed by atoms with Crippen LogP contribution in [-0.4, -0.2) is 23.9 Å². The van der Waals surface area contributed by atoms with Gasteiger partial charge in [-0.15, -0.1) is 0 Å². The Kier molecular flexibility index (Phi) is 3.33. The Morgan fingerprint density at radius 2 is 1.92 bits per heavy atom. The van der Waals surface area contributed by atoms with E-state index < -0.39 is 0 Å². The molecule has 0 spiro atoms. The monoisotopic (exact) mass is 187 g/mol. The molecule has 3 nitrogen and oxygen atoms in total. The highest BCUT2D eigenvalue weighted by atomic mass is 16.7. The van der Waals surface area contributed by atoms with E-state index in [1.54, 1.807) is 0 Å². The molecule has 0 aliphatic carbocycles. The van der Waals surface area contributed by atoms with Crippen molar-refractivity contribution in [2.45, 2.75) is 64.9 Å². The standard InChI is InChI=1S/C10H21NO2/c1-7-6-9(8(2)12-7)11-13-10(3,4)5/h7-9,11H,6H2,1-5H3. The molecule has 3 unspecified atom stereocenters. The van der Waals surface area contributed by atoms with E-state index in [4.69, 9.17) is 9.57 Å². The average molecular weight is 187 g/mol. The van der Waals surface area contributed by atoms with E-state index >= 15 is 0 Å². The molecule has 0 aromatic rings. The van der Waals surface area contributed by atoms with Gasteiger partial charge in [0.1, 0.15) is 0 Å². The first-order chi connectivity index (χ1) is 5.88. The molecular weight excluding hydrogens is 166 g/mol. The maximum absolute atomic E-state index is 5.60. The van der Waals surface area contributed by atoms with Gasteiger partial charge in [-0.3, -0.25) is 4.84 Å². The Morgan fingerprint density at radius 1 is 1.31 bits per heavy atom. The van der Waals surface area contributed by atoms with Crippen LogP contribution in [0.2, 0.25) is 0 Å². The molecule has 1 aliphatic heterocycles. The van der Waals surface area contributed by atoms with Gasteiger partial charge < -0.3 is 4.74 Å². The molecule has 3 atom stereocenters. The van der Waals surface area contributed by atoms with Crippen molar-refractivity contribution < 1.29 is 9.57 Å². The molecule has 78 valence electrons. The van der Waals surface area contributed by atoms with E-state index in [1.165, 1.54) is 0 Å². The molecular formula is C10H21NO2. The third-order valence-corrected chi connectivity index (χ3v) is 2.12. The highest BCUT2D eigenvalue weighted by Crippen LogP contribution is 2.20. The lowest BCUT2D eigenvalue weighted by atomic mass is 10.1. The second-order valence-corrected chi connectivity index (χ2v) is 4.83. The molecule has 0 amide bonds. The zero-order chi connectivity index (χ0) is 10.1. The smallest absolute Gasteiger partial charge is 0.0813 e. The summed E-state index contributed by atoms with van der Waals surface area (Å²) in [4.78, 5) is 5.50. The number of ether oxygens (including phenoxy) is 1. The number of nitrogens with one attached hydrogen (secondary N) is 1. The normalized spacial score (nSPS) is 35.3. The summed E-state index contributed by atoms with van der Waals surface area (Å²) in [6.45, 7) is 10.3. The second-order valence-electron chi connectivity index (χ2n) is 4.83. The van der Waals surface area contributed by atoms with Crippen LogP contribution >= 0.6 is 0 Å². The Bertz CT molecular complexity index is 165. The van der Waals surface area contributed by atoms with Crippen molar-refractivity contribution >= 4 is 0 Å². The van der Waals surface area contributed by atoms with Crippen LogP contribution in [0, 0.1) is 0 Å². The van der Waals surface area contributed by atoms with Gasteiger partial charge in [0, 0.05) is 0 Å². The van der Waals surface area contributed by atoms with Crippen LogP contribution in [0.25, 0.3) is 0 Å². The minimum Gasteiger partial charge on any atom is -0.374 e. The second kappa shape index (κ2) is 3.95. The predicted octanol–water partition coefficient (Wildman–Crippen LogP) is 1.87. The highest BCUT2D eigenvalue weighted by Gasteiger charge is 2.30. The van der Waals surface area contributed by atoms with Crippen molar-refractivity contribution in [2.24, 2.45) is 0 Å². The largest absolute Gasteiger partial charge is 0.374 e. The van der Waals surface area contributed by atoms with Crippen LogP contribution in [0.5, 0.6) is 0 Å². The quantitative estimate of drug-likeness (QED) is 0.669. The van der Waals surface area contributed by atoms with Crippen LogP contribution in [-0.2, 0) is 9.57 Å². The molecule has 1 aliphatic rings. The fourth-order valence-corrected chi connectivity index (χ4v) is 1.46. The average Bonchev–Trinajstić information content (AvgIpc) is 2.24. The van der Waals surface area contributed by atoms with Gasteiger partial charge in [-0.25, -0.2) is 0 Å². The van der Waals surface area contributed by atoms with Crippen LogP contribution in [0.1, 0.15) is 41.0 Å².